The Morgan fingerprint density at radius 2 is 1.63 bits per heavy atom. The summed E-state index contributed by atoms with van der Waals surface area (Å²) in [6, 6.07) is 11.2. The first-order valence-corrected chi connectivity index (χ1v) is 6.54. The molecule has 0 saturated carbocycles. The van der Waals surface area contributed by atoms with Crippen LogP contribution < -0.4 is 5.73 Å². The van der Waals surface area contributed by atoms with Crippen LogP contribution in [0.3, 0.4) is 0 Å². The van der Waals surface area contributed by atoms with Crippen LogP contribution in [-0.4, -0.2) is 0 Å². The fourth-order valence-electron chi connectivity index (χ4n) is 2.61. The molecule has 0 heterocycles. The summed E-state index contributed by atoms with van der Waals surface area (Å²) in [6.45, 7) is 6.08. The van der Waals surface area contributed by atoms with Gasteiger partial charge in [0.2, 0.25) is 0 Å². The van der Waals surface area contributed by atoms with Crippen molar-refractivity contribution in [3.63, 3.8) is 0 Å². The van der Waals surface area contributed by atoms with Crippen molar-refractivity contribution in [2.45, 2.75) is 33.2 Å². The Labute approximate surface area is 114 Å². The van der Waals surface area contributed by atoms with Crippen molar-refractivity contribution in [2.24, 2.45) is 5.73 Å². The van der Waals surface area contributed by atoms with Gasteiger partial charge < -0.3 is 5.73 Å². The molecule has 1 atom stereocenters. The zero-order valence-corrected chi connectivity index (χ0v) is 11.7. The van der Waals surface area contributed by atoms with Gasteiger partial charge in [0, 0.05) is 6.04 Å². The highest BCUT2D eigenvalue weighted by Crippen LogP contribution is 2.21. The van der Waals surface area contributed by atoms with Crippen LogP contribution >= 0.6 is 0 Å². The van der Waals surface area contributed by atoms with E-state index in [4.69, 9.17) is 5.73 Å². The lowest BCUT2D eigenvalue weighted by atomic mass is 9.94. The van der Waals surface area contributed by atoms with E-state index in [-0.39, 0.29) is 11.9 Å². The van der Waals surface area contributed by atoms with Crippen LogP contribution in [0.4, 0.5) is 4.39 Å². The monoisotopic (exact) mass is 257 g/mol. The third-order valence-corrected chi connectivity index (χ3v) is 3.37. The smallest absolute Gasteiger partial charge is 0.123 e. The average Bonchev–Trinajstić information content (AvgIpc) is 2.26. The van der Waals surface area contributed by atoms with Crippen LogP contribution in [0.5, 0.6) is 0 Å². The quantitative estimate of drug-likeness (QED) is 0.884. The predicted molar refractivity (Wildman–Crippen MR) is 77.7 cm³/mol. The highest BCUT2D eigenvalue weighted by molar-refractivity contribution is 5.33. The highest BCUT2D eigenvalue weighted by atomic mass is 19.1. The SMILES string of the molecule is Cc1cc(C)cc(CC(N)c2ccc(F)cc2C)c1. The van der Waals surface area contributed by atoms with E-state index < -0.39 is 0 Å². The van der Waals surface area contributed by atoms with Gasteiger partial charge in [-0.2, -0.15) is 0 Å². The Morgan fingerprint density at radius 1 is 1.00 bits per heavy atom. The van der Waals surface area contributed by atoms with E-state index in [9.17, 15) is 4.39 Å². The van der Waals surface area contributed by atoms with Crippen molar-refractivity contribution in [1.82, 2.24) is 0 Å². The van der Waals surface area contributed by atoms with Gasteiger partial charge in [0.15, 0.2) is 0 Å². The standard InChI is InChI=1S/C17H20FN/c1-11-6-12(2)8-14(7-11)10-17(19)16-5-4-15(18)9-13(16)3/h4-9,17H,10,19H2,1-3H3. The van der Waals surface area contributed by atoms with Crippen LogP contribution in [-0.2, 0) is 6.42 Å². The Kier molecular flexibility index (Phi) is 4.01. The Bertz CT molecular complexity index is 570. The molecule has 2 N–H and O–H groups in total. The van der Waals surface area contributed by atoms with Gasteiger partial charge in [-0.05, 0) is 56.0 Å². The minimum atomic E-state index is -0.208. The largest absolute Gasteiger partial charge is 0.324 e. The van der Waals surface area contributed by atoms with E-state index in [0.29, 0.717) is 0 Å². The lowest BCUT2D eigenvalue weighted by Gasteiger charge is -2.15. The fraction of sp³-hybridized carbons (Fsp3) is 0.294. The number of rotatable bonds is 3. The van der Waals surface area contributed by atoms with Crippen molar-refractivity contribution in [1.29, 1.82) is 0 Å². The zero-order chi connectivity index (χ0) is 14.0. The molecular formula is C17H20FN. The number of halogens is 1. The van der Waals surface area contributed by atoms with Crippen LogP contribution in [0, 0.1) is 26.6 Å². The molecule has 2 rings (SSSR count). The molecule has 0 aliphatic carbocycles. The number of nitrogens with two attached hydrogens (primary N) is 1. The molecule has 100 valence electrons. The first-order valence-electron chi connectivity index (χ1n) is 6.54. The Balaban J connectivity index is 2.22. The van der Waals surface area contributed by atoms with Crippen LogP contribution in [0.15, 0.2) is 36.4 Å². The van der Waals surface area contributed by atoms with Crippen LogP contribution in [0.2, 0.25) is 0 Å². The van der Waals surface area contributed by atoms with Crippen LogP contribution in [0.1, 0.15) is 33.9 Å². The van der Waals surface area contributed by atoms with Crippen LogP contribution in [0.25, 0.3) is 0 Å². The third-order valence-electron chi connectivity index (χ3n) is 3.37. The maximum atomic E-state index is 13.1. The molecule has 2 aromatic carbocycles. The molecule has 0 radical (unpaired) electrons. The number of aryl methyl sites for hydroxylation is 3. The maximum absolute atomic E-state index is 13.1. The van der Waals surface area contributed by atoms with Crippen molar-refractivity contribution >= 4 is 0 Å². The van der Waals surface area contributed by atoms with Gasteiger partial charge in [-0.3, -0.25) is 0 Å². The topological polar surface area (TPSA) is 26.0 Å². The second-order valence-corrected chi connectivity index (χ2v) is 5.31. The van der Waals surface area contributed by atoms with E-state index in [1.807, 2.05) is 6.92 Å². The lowest BCUT2D eigenvalue weighted by Crippen LogP contribution is -2.15. The summed E-state index contributed by atoms with van der Waals surface area (Å²) in [7, 11) is 0. The minimum Gasteiger partial charge on any atom is -0.324 e. The second kappa shape index (κ2) is 5.54. The Hall–Kier alpha value is -1.67. The fourth-order valence-corrected chi connectivity index (χ4v) is 2.61. The van der Waals surface area contributed by atoms with Gasteiger partial charge in [0.1, 0.15) is 5.82 Å². The van der Waals surface area contributed by atoms with Gasteiger partial charge in [-0.1, -0.05) is 35.4 Å². The molecule has 19 heavy (non-hydrogen) atoms. The molecule has 1 nitrogen and oxygen atoms in total. The summed E-state index contributed by atoms with van der Waals surface area (Å²) in [6.07, 6.45) is 0.773. The second-order valence-electron chi connectivity index (χ2n) is 5.31. The zero-order valence-electron chi connectivity index (χ0n) is 11.7. The number of hydrogen-bond donors (Lipinski definition) is 1. The molecule has 0 amide bonds. The lowest BCUT2D eigenvalue weighted by molar-refractivity contribution is 0.622. The summed E-state index contributed by atoms with van der Waals surface area (Å²) in [5.74, 6) is -0.208. The molecule has 0 aliphatic heterocycles. The van der Waals surface area contributed by atoms with E-state index >= 15 is 0 Å². The number of benzene rings is 2. The molecular weight excluding hydrogens is 237 g/mol. The molecule has 0 aliphatic rings. The van der Waals surface area contributed by atoms with Gasteiger partial charge >= 0.3 is 0 Å². The first-order chi connectivity index (χ1) is 8.95. The van der Waals surface area contributed by atoms with Crippen molar-refractivity contribution in [2.75, 3.05) is 0 Å². The molecule has 2 heteroatoms. The Morgan fingerprint density at radius 3 is 2.21 bits per heavy atom. The molecule has 1 unspecified atom stereocenters. The summed E-state index contributed by atoms with van der Waals surface area (Å²) < 4.78 is 13.1. The predicted octanol–water partition coefficient (Wildman–Crippen LogP) is 3.99. The van der Waals surface area contributed by atoms with Gasteiger partial charge in [0.05, 0.1) is 0 Å². The first kappa shape index (κ1) is 13.8. The molecule has 0 spiro atoms. The van der Waals surface area contributed by atoms with Crippen molar-refractivity contribution in [3.05, 3.63) is 70.0 Å². The van der Waals surface area contributed by atoms with E-state index in [1.165, 1.54) is 28.8 Å². The summed E-state index contributed by atoms with van der Waals surface area (Å²) in [5, 5.41) is 0. The van der Waals surface area contributed by atoms with E-state index in [1.54, 1.807) is 6.07 Å². The normalized spacial score (nSPS) is 12.5. The molecule has 0 aromatic heterocycles. The highest BCUT2D eigenvalue weighted by Gasteiger charge is 2.11. The summed E-state index contributed by atoms with van der Waals surface area (Å²) >= 11 is 0. The van der Waals surface area contributed by atoms with E-state index in [0.717, 1.165) is 17.5 Å². The van der Waals surface area contributed by atoms with E-state index in [2.05, 4.69) is 32.0 Å². The minimum absolute atomic E-state index is 0.0956. The molecule has 0 bridgehead atoms. The molecule has 0 fully saturated rings. The summed E-state index contributed by atoms with van der Waals surface area (Å²) in [4.78, 5) is 0. The van der Waals surface area contributed by atoms with Crippen molar-refractivity contribution in [3.8, 4) is 0 Å². The molecule has 0 saturated heterocycles. The average molecular weight is 257 g/mol. The summed E-state index contributed by atoms with van der Waals surface area (Å²) in [5.41, 5.74) is 11.9. The number of hydrogen-bond acceptors (Lipinski definition) is 1. The molecule has 2 aromatic rings. The van der Waals surface area contributed by atoms with Gasteiger partial charge in [0.25, 0.3) is 0 Å². The third kappa shape index (κ3) is 3.42. The van der Waals surface area contributed by atoms with Gasteiger partial charge in [-0.25, -0.2) is 4.39 Å². The van der Waals surface area contributed by atoms with Crippen molar-refractivity contribution < 1.29 is 4.39 Å². The van der Waals surface area contributed by atoms with Gasteiger partial charge in [-0.15, -0.1) is 0 Å². The maximum Gasteiger partial charge on any atom is 0.123 e.